The average molecular weight is 166 g/mol. The molecule has 0 aromatic carbocycles. The highest BCUT2D eigenvalue weighted by Gasteiger charge is 2.20. The fraction of sp³-hybridized carbons (Fsp3) is 0.700. The van der Waals surface area contributed by atoms with E-state index in [0.717, 1.165) is 6.04 Å². The van der Waals surface area contributed by atoms with Crippen LogP contribution in [-0.2, 0) is 0 Å². The molecule has 2 nitrogen and oxygen atoms in total. The van der Waals surface area contributed by atoms with Crippen LogP contribution >= 0.6 is 0 Å². The third kappa shape index (κ3) is 1.68. The van der Waals surface area contributed by atoms with E-state index in [2.05, 4.69) is 22.8 Å². The molecule has 1 aliphatic rings. The van der Waals surface area contributed by atoms with Crippen LogP contribution < -0.4 is 0 Å². The van der Waals surface area contributed by atoms with Crippen LogP contribution in [0, 0.1) is 6.92 Å². The van der Waals surface area contributed by atoms with Crippen LogP contribution in [-0.4, -0.2) is 9.78 Å². The second-order valence-corrected chi connectivity index (χ2v) is 3.00. The lowest BCUT2D eigenvalue weighted by atomic mass is 9.93. The van der Waals surface area contributed by atoms with Gasteiger partial charge in [-0.2, -0.15) is 5.10 Å². The second-order valence-electron chi connectivity index (χ2n) is 3.00. The number of hydrogen-bond acceptors (Lipinski definition) is 1. The molecule has 0 aliphatic heterocycles. The topological polar surface area (TPSA) is 17.8 Å². The van der Waals surface area contributed by atoms with Gasteiger partial charge in [-0.25, -0.2) is 0 Å². The van der Waals surface area contributed by atoms with Gasteiger partial charge in [0.25, 0.3) is 0 Å². The van der Waals surface area contributed by atoms with E-state index in [0.29, 0.717) is 0 Å². The van der Waals surface area contributed by atoms with Gasteiger partial charge in [0.1, 0.15) is 0 Å². The lowest BCUT2D eigenvalue weighted by molar-refractivity contribution is 0.285. The molecule has 0 bridgehead atoms. The van der Waals surface area contributed by atoms with Gasteiger partial charge in [-0.3, -0.25) is 4.68 Å². The first-order valence-electron chi connectivity index (χ1n) is 4.88. The largest absolute Gasteiger partial charge is 0.267 e. The normalized spacial score (nSPS) is 16.2. The van der Waals surface area contributed by atoms with Gasteiger partial charge >= 0.3 is 0 Å². The lowest BCUT2D eigenvalue weighted by Crippen LogP contribution is -2.18. The molecule has 1 aliphatic carbocycles. The maximum absolute atomic E-state index is 4.25. The quantitative estimate of drug-likeness (QED) is 0.627. The molecule has 0 saturated heterocycles. The first-order valence-corrected chi connectivity index (χ1v) is 4.88. The summed E-state index contributed by atoms with van der Waals surface area (Å²) in [4.78, 5) is 0. The van der Waals surface area contributed by atoms with Gasteiger partial charge in [-0.05, 0) is 32.3 Å². The maximum atomic E-state index is 4.25. The smallest absolute Gasteiger partial charge is 0.0522 e. The Kier molecular flexibility index (Phi) is 3.32. The molecule has 68 valence electrons. The van der Waals surface area contributed by atoms with E-state index in [9.17, 15) is 0 Å². The van der Waals surface area contributed by atoms with Crippen LogP contribution in [0.3, 0.4) is 0 Å². The van der Waals surface area contributed by atoms with Crippen LogP contribution in [0.1, 0.15) is 44.8 Å². The number of rotatable bonds is 1. The molecule has 0 atom stereocenters. The molecule has 0 amide bonds. The summed E-state index contributed by atoms with van der Waals surface area (Å²) in [5.41, 5.74) is 1.30. The third-order valence-corrected chi connectivity index (χ3v) is 2.29. The van der Waals surface area contributed by atoms with E-state index in [1.54, 1.807) is 0 Å². The first-order chi connectivity index (χ1) is 5.88. The monoisotopic (exact) mass is 166 g/mol. The van der Waals surface area contributed by atoms with Crippen LogP contribution in [0.2, 0.25) is 0 Å². The van der Waals surface area contributed by atoms with Crippen LogP contribution in [0.15, 0.2) is 12.3 Å². The zero-order chi connectivity index (χ0) is 8.97. The summed E-state index contributed by atoms with van der Waals surface area (Å²) in [7, 11) is 0. The summed E-state index contributed by atoms with van der Waals surface area (Å²) in [6.07, 6.45) is 5.91. The number of nitrogens with zero attached hydrogens (tertiary/aromatic N) is 2. The van der Waals surface area contributed by atoms with Gasteiger partial charge in [0.05, 0.1) is 6.04 Å². The van der Waals surface area contributed by atoms with Crippen LogP contribution in [0.25, 0.3) is 0 Å². The molecule has 1 saturated carbocycles. The van der Waals surface area contributed by atoms with Crippen LogP contribution in [0.5, 0.6) is 0 Å². The van der Waals surface area contributed by atoms with Crippen LogP contribution in [0.4, 0.5) is 0 Å². The van der Waals surface area contributed by atoms with E-state index < -0.39 is 0 Å². The zero-order valence-corrected chi connectivity index (χ0v) is 8.25. The van der Waals surface area contributed by atoms with E-state index >= 15 is 0 Å². The number of aryl methyl sites for hydroxylation is 1. The predicted octanol–water partition coefficient (Wildman–Crippen LogP) is 2.94. The number of hydrogen-bond donors (Lipinski definition) is 0. The van der Waals surface area contributed by atoms with Crippen molar-refractivity contribution in [2.75, 3.05) is 0 Å². The Labute approximate surface area is 74.6 Å². The van der Waals surface area contributed by atoms with Crippen molar-refractivity contribution in [1.82, 2.24) is 9.78 Å². The lowest BCUT2D eigenvalue weighted by Gasteiger charge is -2.26. The highest BCUT2D eigenvalue weighted by atomic mass is 15.3. The Bertz CT molecular complexity index is 223. The minimum atomic E-state index is 0.718. The van der Waals surface area contributed by atoms with E-state index in [-0.39, 0.29) is 0 Å². The van der Waals surface area contributed by atoms with Crippen molar-refractivity contribution in [3.8, 4) is 0 Å². The van der Waals surface area contributed by atoms with Crippen molar-refractivity contribution < 1.29 is 0 Å². The standard InChI is InChI=1S/C8H12N2.C2H6/c1-7-5-6-9-10(7)8-3-2-4-8;1-2/h5-6,8H,2-4H2,1H3;1-2H3. The molecular formula is C10H18N2. The summed E-state index contributed by atoms with van der Waals surface area (Å²) < 4.78 is 2.14. The Morgan fingerprint density at radius 1 is 1.42 bits per heavy atom. The minimum Gasteiger partial charge on any atom is -0.267 e. The molecular weight excluding hydrogens is 148 g/mol. The summed E-state index contributed by atoms with van der Waals surface area (Å²) in [5, 5.41) is 4.25. The molecule has 0 radical (unpaired) electrons. The summed E-state index contributed by atoms with van der Waals surface area (Å²) in [6, 6.07) is 2.79. The molecule has 1 aromatic heterocycles. The highest BCUT2D eigenvalue weighted by Crippen LogP contribution is 2.31. The van der Waals surface area contributed by atoms with Gasteiger partial charge < -0.3 is 0 Å². The summed E-state index contributed by atoms with van der Waals surface area (Å²) >= 11 is 0. The molecule has 1 heterocycles. The molecule has 0 unspecified atom stereocenters. The van der Waals surface area contributed by atoms with Crippen molar-refractivity contribution in [2.45, 2.75) is 46.1 Å². The number of aromatic nitrogens is 2. The predicted molar refractivity (Wildman–Crippen MR) is 51.2 cm³/mol. The first kappa shape index (κ1) is 9.30. The van der Waals surface area contributed by atoms with Crippen molar-refractivity contribution in [1.29, 1.82) is 0 Å². The molecule has 2 rings (SSSR count). The molecule has 1 fully saturated rings. The fourth-order valence-electron chi connectivity index (χ4n) is 1.39. The van der Waals surface area contributed by atoms with Gasteiger partial charge in [0, 0.05) is 11.9 Å². The zero-order valence-electron chi connectivity index (χ0n) is 8.25. The minimum absolute atomic E-state index is 0.718. The maximum Gasteiger partial charge on any atom is 0.0522 e. The van der Waals surface area contributed by atoms with Gasteiger partial charge in [0.15, 0.2) is 0 Å². The molecule has 0 N–H and O–H groups in total. The summed E-state index contributed by atoms with van der Waals surface area (Å²) in [5.74, 6) is 0. The van der Waals surface area contributed by atoms with Crippen molar-refractivity contribution in [3.63, 3.8) is 0 Å². The van der Waals surface area contributed by atoms with Gasteiger partial charge in [0.2, 0.25) is 0 Å². The Morgan fingerprint density at radius 2 is 2.08 bits per heavy atom. The van der Waals surface area contributed by atoms with E-state index in [1.165, 1.54) is 25.0 Å². The third-order valence-electron chi connectivity index (χ3n) is 2.29. The molecule has 0 spiro atoms. The Hall–Kier alpha value is -0.790. The van der Waals surface area contributed by atoms with Crippen molar-refractivity contribution in [2.24, 2.45) is 0 Å². The summed E-state index contributed by atoms with van der Waals surface area (Å²) in [6.45, 7) is 6.12. The Morgan fingerprint density at radius 3 is 2.42 bits per heavy atom. The highest BCUT2D eigenvalue weighted by molar-refractivity contribution is 4.99. The Balaban J connectivity index is 0.000000336. The molecule has 12 heavy (non-hydrogen) atoms. The van der Waals surface area contributed by atoms with E-state index in [1.807, 2.05) is 20.0 Å². The second kappa shape index (κ2) is 4.29. The molecule has 1 aromatic rings. The van der Waals surface area contributed by atoms with Gasteiger partial charge in [-0.1, -0.05) is 13.8 Å². The van der Waals surface area contributed by atoms with E-state index in [4.69, 9.17) is 0 Å². The van der Waals surface area contributed by atoms with Crippen molar-refractivity contribution >= 4 is 0 Å². The fourth-order valence-corrected chi connectivity index (χ4v) is 1.39. The average Bonchev–Trinajstić information content (AvgIpc) is 2.38. The molecule has 2 heteroatoms. The van der Waals surface area contributed by atoms with Gasteiger partial charge in [-0.15, -0.1) is 0 Å². The van der Waals surface area contributed by atoms with Crippen molar-refractivity contribution in [3.05, 3.63) is 18.0 Å². The SMILES string of the molecule is CC.Cc1ccnn1C1CCC1.